The van der Waals surface area contributed by atoms with Gasteiger partial charge in [-0.2, -0.15) is 0 Å². The Labute approximate surface area is 218 Å². The van der Waals surface area contributed by atoms with Crippen LogP contribution in [0.4, 0.5) is 4.39 Å². The third kappa shape index (κ3) is 3.98. The first kappa shape index (κ1) is 22.6. The minimum Gasteiger partial charge on any atom is -0.364 e. The van der Waals surface area contributed by atoms with E-state index in [9.17, 15) is 9.18 Å². The highest BCUT2D eigenvalue weighted by Crippen LogP contribution is 2.41. The minimum atomic E-state index is -0.592. The van der Waals surface area contributed by atoms with Gasteiger partial charge in [-0.25, -0.2) is 19.0 Å². The van der Waals surface area contributed by atoms with E-state index in [1.807, 2.05) is 10.6 Å². The Morgan fingerprint density at radius 1 is 1.24 bits per heavy atom. The van der Waals surface area contributed by atoms with Crippen LogP contribution in [-0.4, -0.2) is 44.8 Å². The van der Waals surface area contributed by atoms with E-state index in [2.05, 4.69) is 38.0 Å². The number of nitrogens with zero attached hydrogens (tertiary/aromatic N) is 8. The molecule has 0 saturated heterocycles. The number of carbonyl (C=O) groups is 1. The summed E-state index contributed by atoms with van der Waals surface area (Å²) in [6, 6.07) is 3.59. The summed E-state index contributed by atoms with van der Waals surface area (Å²) in [5.74, 6) is -0.488. The van der Waals surface area contributed by atoms with E-state index >= 15 is 0 Å². The Bertz CT molecular complexity index is 1820. The number of hydrogen-bond acceptors (Lipinski definition) is 7. The number of halogens is 2. The van der Waals surface area contributed by atoms with E-state index in [1.54, 1.807) is 29.5 Å². The molecule has 6 aromatic heterocycles. The van der Waals surface area contributed by atoms with E-state index in [0.29, 0.717) is 18.2 Å². The van der Waals surface area contributed by atoms with Crippen LogP contribution >= 0.6 is 11.6 Å². The summed E-state index contributed by atoms with van der Waals surface area (Å²) in [7, 11) is 0. The number of imidazole rings is 2. The zero-order valence-corrected chi connectivity index (χ0v) is 20.5. The second-order valence-corrected chi connectivity index (χ2v) is 9.65. The molecule has 11 nitrogen and oxygen atoms in total. The summed E-state index contributed by atoms with van der Waals surface area (Å²) in [4.78, 5) is 21.7. The minimum absolute atomic E-state index is 0.000857. The van der Waals surface area contributed by atoms with Crippen molar-refractivity contribution in [3.05, 3.63) is 89.2 Å². The van der Waals surface area contributed by atoms with Gasteiger partial charge in [-0.15, -0.1) is 5.10 Å². The molecule has 190 valence electrons. The van der Waals surface area contributed by atoms with Crippen LogP contribution in [0.25, 0.3) is 22.3 Å². The molecule has 1 amide bonds. The first-order chi connectivity index (χ1) is 18.5. The lowest BCUT2D eigenvalue weighted by atomic mass is 10.1. The van der Waals surface area contributed by atoms with Crippen LogP contribution in [0, 0.1) is 5.82 Å². The maximum atomic E-state index is 14.4. The lowest BCUT2D eigenvalue weighted by Crippen LogP contribution is -2.23. The third-order valence-electron chi connectivity index (χ3n) is 6.59. The van der Waals surface area contributed by atoms with Gasteiger partial charge in [0, 0.05) is 29.7 Å². The van der Waals surface area contributed by atoms with E-state index in [-0.39, 0.29) is 22.8 Å². The average Bonchev–Trinajstić information content (AvgIpc) is 3.33. The monoisotopic (exact) mass is 531 g/mol. The van der Waals surface area contributed by atoms with Crippen molar-refractivity contribution in [2.24, 2.45) is 0 Å². The van der Waals surface area contributed by atoms with Crippen molar-refractivity contribution in [1.82, 2.24) is 44.2 Å². The smallest absolute Gasteiger partial charge is 0.273 e. The number of aromatic nitrogens is 8. The third-order valence-corrected chi connectivity index (χ3v) is 6.89. The van der Waals surface area contributed by atoms with Crippen LogP contribution < -0.4 is 5.32 Å². The zero-order valence-electron chi connectivity index (χ0n) is 19.8. The molecule has 38 heavy (non-hydrogen) atoms. The lowest BCUT2D eigenvalue weighted by Gasteiger charge is -2.05. The molecule has 0 aromatic carbocycles. The van der Waals surface area contributed by atoms with Gasteiger partial charge in [0.05, 0.1) is 48.2 Å². The largest absolute Gasteiger partial charge is 0.364 e. The maximum Gasteiger partial charge on any atom is 0.273 e. The van der Waals surface area contributed by atoms with Crippen LogP contribution in [0.5, 0.6) is 0 Å². The Morgan fingerprint density at radius 2 is 2.13 bits per heavy atom. The fourth-order valence-electron chi connectivity index (χ4n) is 4.55. The zero-order chi connectivity index (χ0) is 25.8. The highest BCUT2D eigenvalue weighted by atomic mass is 35.5. The van der Waals surface area contributed by atoms with Crippen molar-refractivity contribution in [3.63, 3.8) is 0 Å². The first-order valence-electron chi connectivity index (χ1n) is 11.9. The average molecular weight is 532 g/mol. The molecule has 0 radical (unpaired) electrons. The number of rotatable bonds is 7. The molecular formula is C25H19ClFN9O2. The van der Waals surface area contributed by atoms with Crippen LogP contribution in [0.3, 0.4) is 0 Å². The van der Waals surface area contributed by atoms with Crippen LogP contribution in [-0.2, 0) is 13.1 Å². The molecule has 1 aliphatic rings. The molecule has 0 spiro atoms. The number of fused-ring (bicyclic) bond motifs is 2. The van der Waals surface area contributed by atoms with Gasteiger partial charge in [0.15, 0.2) is 11.5 Å². The molecule has 6 heterocycles. The summed E-state index contributed by atoms with van der Waals surface area (Å²) >= 11 is 5.89. The molecule has 0 bridgehead atoms. The first-order valence-corrected chi connectivity index (χ1v) is 12.3. The molecule has 1 fully saturated rings. The van der Waals surface area contributed by atoms with Crippen molar-refractivity contribution in [1.29, 1.82) is 0 Å². The van der Waals surface area contributed by atoms with Gasteiger partial charge in [0.25, 0.3) is 5.91 Å². The SMILES string of the molecule is O=C(NCc1ncn2ccc(Cl)c(F)c12)c1cn(Cc2cn3cc(C4CC4)cc(-c4cnoc4)c3n2)nn1. The quantitative estimate of drug-likeness (QED) is 0.332. The fourth-order valence-corrected chi connectivity index (χ4v) is 4.70. The molecule has 1 aliphatic carbocycles. The standard InChI is InChI=1S/C25H19ClFN9O2/c26-19-3-4-34-13-29-20(23(34)22(19)27)7-28-25(37)21-11-36(33-32-21)10-17-9-35-8-15(14-1-2-14)5-18(24(35)31-17)16-6-30-38-12-16/h3-6,8-9,11-14H,1-2,7,10H2,(H,28,37). The summed E-state index contributed by atoms with van der Waals surface area (Å²) < 4.78 is 24.6. The second-order valence-electron chi connectivity index (χ2n) is 9.25. The highest BCUT2D eigenvalue weighted by molar-refractivity contribution is 6.31. The topological polar surface area (TPSA) is 120 Å². The molecule has 1 saturated carbocycles. The van der Waals surface area contributed by atoms with Gasteiger partial charge in [0.2, 0.25) is 0 Å². The van der Waals surface area contributed by atoms with E-state index in [1.165, 1.54) is 35.2 Å². The van der Waals surface area contributed by atoms with Gasteiger partial charge in [0.1, 0.15) is 17.4 Å². The van der Waals surface area contributed by atoms with Crippen molar-refractivity contribution in [2.75, 3.05) is 0 Å². The van der Waals surface area contributed by atoms with E-state index in [0.717, 1.165) is 22.5 Å². The molecule has 6 aromatic rings. The molecule has 0 aliphatic heterocycles. The molecule has 7 rings (SSSR count). The van der Waals surface area contributed by atoms with E-state index in [4.69, 9.17) is 21.1 Å². The Morgan fingerprint density at radius 3 is 2.95 bits per heavy atom. The Hall–Kier alpha value is -4.58. The second kappa shape index (κ2) is 8.77. The maximum absolute atomic E-state index is 14.4. The number of hydrogen-bond donors (Lipinski definition) is 1. The van der Waals surface area contributed by atoms with Gasteiger partial charge < -0.3 is 18.6 Å². The summed E-state index contributed by atoms with van der Waals surface area (Å²) in [6.45, 7) is 0.320. The molecular weight excluding hydrogens is 513 g/mol. The Balaban J connectivity index is 1.09. The van der Waals surface area contributed by atoms with Crippen LogP contribution in [0.1, 0.15) is 46.2 Å². The normalized spacial score (nSPS) is 13.5. The fraction of sp³-hybridized carbons (Fsp3) is 0.200. The predicted octanol–water partition coefficient (Wildman–Crippen LogP) is 3.88. The van der Waals surface area contributed by atoms with Crippen molar-refractivity contribution in [3.8, 4) is 11.1 Å². The van der Waals surface area contributed by atoms with Crippen molar-refractivity contribution < 1.29 is 13.7 Å². The van der Waals surface area contributed by atoms with Gasteiger partial charge in [-0.3, -0.25) is 4.79 Å². The molecule has 13 heteroatoms. The number of pyridine rings is 2. The van der Waals surface area contributed by atoms with Gasteiger partial charge >= 0.3 is 0 Å². The van der Waals surface area contributed by atoms with E-state index < -0.39 is 11.7 Å². The van der Waals surface area contributed by atoms with Crippen LogP contribution in [0.15, 0.2) is 60.2 Å². The number of carbonyl (C=O) groups excluding carboxylic acids is 1. The summed E-state index contributed by atoms with van der Waals surface area (Å²) in [5.41, 5.74) is 5.29. The number of nitrogens with one attached hydrogen (secondary N) is 1. The summed E-state index contributed by atoms with van der Waals surface area (Å²) in [6.07, 6.45) is 14.3. The van der Waals surface area contributed by atoms with Gasteiger partial charge in [-0.05, 0) is 36.5 Å². The molecule has 1 N–H and O–H groups in total. The number of amides is 1. The van der Waals surface area contributed by atoms with Crippen molar-refractivity contribution >= 4 is 28.7 Å². The van der Waals surface area contributed by atoms with Gasteiger partial charge in [-0.1, -0.05) is 22.0 Å². The summed E-state index contributed by atoms with van der Waals surface area (Å²) in [5, 5.41) is 14.6. The van der Waals surface area contributed by atoms with Crippen LogP contribution in [0.2, 0.25) is 5.02 Å². The lowest BCUT2D eigenvalue weighted by molar-refractivity contribution is 0.0945. The predicted molar refractivity (Wildman–Crippen MR) is 133 cm³/mol. The van der Waals surface area contributed by atoms with Crippen molar-refractivity contribution in [2.45, 2.75) is 31.8 Å². The molecule has 0 unspecified atom stereocenters. The molecule has 0 atom stereocenters. The highest BCUT2D eigenvalue weighted by Gasteiger charge is 2.26. The Kier molecular flexibility index (Phi) is 5.22.